The second kappa shape index (κ2) is 7.64. The van der Waals surface area contributed by atoms with E-state index in [0.29, 0.717) is 24.2 Å². The molecule has 4 rings (SSSR count). The fourth-order valence-electron chi connectivity index (χ4n) is 3.41. The third kappa shape index (κ3) is 3.51. The van der Waals surface area contributed by atoms with E-state index in [9.17, 15) is 4.79 Å². The number of anilines is 4. The lowest BCUT2D eigenvalue weighted by atomic mass is 10.1. The summed E-state index contributed by atoms with van der Waals surface area (Å²) < 4.78 is 5.00. The SMILES string of the molecule is CCOC(=O)c1ccc(Nc2nncc(N3c4ccccc4CC3C)n2)cc1. The number of rotatable bonds is 5. The average Bonchev–Trinajstić information content (AvgIpc) is 3.04. The maximum absolute atomic E-state index is 11.8. The second-order valence-corrected chi connectivity index (χ2v) is 6.61. The molecule has 0 spiro atoms. The third-order valence-electron chi connectivity index (χ3n) is 4.65. The summed E-state index contributed by atoms with van der Waals surface area (Å²) in [6.45, 7) is 4.30. The number of ether oxygens (including phenoxy) is 1. The molecule has 0 saturated heterocycles. The van der Waals surface area contributed by atoms with Crippen LogP contribution in [0.15, 0.2) is 54.7 Å². The molecule has 0 aliphatic carbocycles. The summed E-state index contributed by atoms with van der Waals surface area (Å²) in [5.41, 5.74) is 3.72. The minimum Gasteiger partial charge on any atom is -0.462 e. The molecule has 0 fully saturated rings. The van der Waals surface area contributed by atoms with Crippen LogP contribution >= 0.6 is 0 Å². The number of benzene rings is 2. The zero-order valence-corrected chi connectivity index (χ0v) is 15.8. The van der Waals surface area contributed by atoms with E-state index in [1.165, 1.54) is 5.56 Å². The first-order valence-corrected chi connectivity index (χ1v) is 9.27. The number of hydrogen-bond donors (Lipinski definition) is 1. The molecular weight excluding hydrogens is 354 g/mol. The first-order valence-electron chi connectivity index (χ1n) is 9.27. The summed E-state index contributed by atoms with van der Waals surface area (Å²) in [5, 5.41) is 11.3. The van der Waals surface area contributed by atoms with Gasteiger partial charge in [0, 0.05) is 17.4 Å². The van der Waals surface area contributed by atoms with Gasteiger partial charge >= 0.3 is 5.97 Å². The molecule has 0 amide bonds. The van der Waals surface area contributed by atoms with E-state index < -0.39 is 0 Å². The Bertz CT molecular complexity index is 990. The molecule has 2 heterocycles. The van der Waals surface area contributed by atoms with Crippen LogP contribution in [0.5, 0.6) is 0 Å². The molecule has 1 N–H and O–H groups in total. The van der Waals surface area contributed by atoms with Crippen molar-refractivity contribution < 1.29 is 9.53 Å². The molecule has 1 aliphatic heterocycles. The van der Waals surface area contributed by atoms with Crippen molar-refractivity contribution in [3.63, 3.8) is 0 Å². The first-order chi connectivity index (χ1) is 13.7. The number of nitrogens with zero attached hydrogens (tertiary/aromatic N) is 4. The van der Waals surface area contributed by atoms with Gasteiger partial charge in [0.05, 0.1) is 18.4 Å². The van der Waals surface area contributed by atoms with Crippen molar-refractivity contribution >= 4 is 29.1 Å². The lowest BCUT2D eigenvalue weighted by Crippen LogP contribution is -2.25. The largest absolute Gasteiger partial charge is 0.462 e. The Morgan fingerprint density at radius 2 is 2.00 bits per heavy atom. The Hall–Kier alpha value is -3.48. The summed E-state index contributed by atoms with van der Waals surface area (Å²) >= 11 is 0. The molecule has 1 unspecified atom stereocenters. The number of para-hydroxylation sites is 1. The first kappa shape index (κ1) is 17.9. The van der Waals surface area contributed by atoms with Crippen LogP contribution in [0.25, 0.3) is 0 Å². The Morgan fingerprint density at radius 1 is 1.21 bits per heavy atom. The van der Waals surface area contributed by atoms with E-state index in [1.54, 1.807) is 37.4 Å². The zero-order chi connectivity index (χ0) is 19.5. The number of aromatic nitrogens is 3. The van der Waals surface area contributed by atoms with Crippen molar-refractivity contribution in [3.8, 4) is 0 Å². The normalized spacial score (nSPS) is 15.2. The van der Waals surface area contributed by atoms with Crippen molar-refractivity contribution in [2.45, 2.75) is 26.3 Å². The molecular formula is C21H21N5O2. The molecule has 1 aliphatic rings. The van der Waals surface area contributed by atoms with Crippen LogP contribution in [-0.4, -0.2) is 33.8 Å². The highest BCUT2D eigenvalue weighted by molar-refractivity contribution is 5.89. The third-order valence-corrected chi connectivity index (χ3v) is 4.65. The van der Waals surface area contributed by atoms with Crippen LogP contribution in [0, 0.1) is 0 Å². The second-order valence-electron chi connectivity index (χ2n) is 6.61. The van der Waals surface area contributed by atoms with Crippen molar-refractivity contribution in [1.82, 2.24) is 15.2 Å². The minimum atomic E-state index is -0.337. The van der Waals surface area contributed by atoms with Crippen molar-refractivity contribution in [1.29, 1.82) is 0 Å². The Labute approximate surface area is 163 Å². The van der Waals surface area contributed by atoms with Crippen LogP contribution in [-0.2, 0) is 11.2 Å². The maximum atomic E-state index is 11.8. The molecule has 2 aromatic carbocycles. The molecule has 0 bridgehead atoms. The van der Waals surface area contributed by atoms with Gasteiger partial charge < -0.3 is 15.0 Å². The van der Waals surface area contributed by atoms with Crippen LogP contribution in [0.3, 0.4) is 0 Å². The van der Waals surface area contributed by atoms with E-state index in [-0.39, 0.29) is 5.97 Å². The van der Waals surface area contributed by atoms with E-state index >= 15 is 0 Å². The van der Waals surface area contributed by atoms with Gasteiger partial charge in [-0.3, -0.25) is 0 Å². The summed E-state index contributed by atoms with van der Waals surface area (Å²) in [6, 6.07) is 15.6. The van der Waals surface area contributed by atoms with Gasteiger partial charge in [0.15, 0.2) is 5.82 Å². The van der Waals surface area contributed by atoms with E-state index in [4.69, 9.17) is 4.74 Å². The highest BCUT2D eigenvalue weighted by Gasteiger charge is 2.28. The van der Waals surface area contributed by atoms with Gasteiger partial charge in [0.25, 0.3) is 0 Å². The molecule has 1 atom stereocenters. The highest BCUT2D eigenvalue weighted by atomic mass is 16.5. The van der Waals surface area contributed by atoms with E-state index in [2.05, 4.69) is 50.5 Å². The van der Waals surface area contributed by atoms with Gasteiger partial charge in [-0.25, -0.2) is 4.79 Å². The molecule has 0 radical (unpaired) electrons. The van der Waals surface area contributed by atoms with Crippen LogP contribution < -0.4 is 10.2 Å². The fourth-order valence-corrected chi connectivity index (χ4v) is 3.41. The summed E-state index contributed by atoms with van der Waals surface area (Å²) in [5.74, 6) is 0.812. The standard InChI is InChI=1S/C21H21N5O2/c1-3-28-20(27)15-8-10-17(11-9-15)23-21-24-19(13-22-25-21)26-14(2)12-16-6-4-5-7-18(16)26/h4-11,13-14H,3,12H2,1-2H3,(H,23,24,25). The lowest BCUT2D eigenvalue weighted by Gasteiger charge is -2.23. The number of carbonyl (C=O) groups excluding carboxylic acids is 1. The van der Waals surface area contributed by atoms with Crippen LogP contribution in [0.2, 0.25) is 0 Å². The van der Waals surface area contributed by atoms with Gasteiger partial charge in [-0.1, -0.05) is 18.2 Å². The smallest absolute Gasteiger partial charge is 0.338 e. The van der Waals surface area contributed by atoms with Gasteiger partial charge in [-0.05, 0) is 56.2 Å². The molecule has 7 heteroatoms. The quantitative estimate of drug-likeness (QED) is 0.678. The van der Waals surface area contributed by atoms with Gasteiger partial charge in [-0.15, -0.1) is 5.10 Å². The summed E-state index contributed by atoms with van der Waals surface area (Å²) in [6.07, 6.45) is 2.64. The molecule has 28 heavy (non-hydrogen) atoms. The van der Waals surface area contributed by atoms with Gasteiger partial charge in [-0.2, -0.15) is 10.1 Å². The monoisotopic (exact) mass is 375 g/mol. The van der Waals surface area contributed by atoms with Crippen LogP contribution in [0.1, 0.15) is 29.8 Å². The molecule has 7 nitrogen and oxygen atoms in total. The number of hydrogen-bond acceptors (Lipinski definition) is 7. The predicted octanol–water partition coefficient (Wildman–Crippen LogP) is 3.87. The Kier molecular flexibility index (Phi) is 4.89. The summed E-state index contributed by atoms with van der Waals surface area (Å²) in [7, 11) is 0. The van der Waals surface area contributed by atoms with Crippen molar-refractivity contribution in [2.24, 2.45) is 0 Å². The van der Waals surface area contributed by atoms with E-state index in [1.807, 2.05) is 6.07 Å². The zero-order valence-electron chi connectivity index (χ0n) is 15.8. The average molecular weight is 375 g/mol. The van der Waals surface area contributed by atoms with E-state index in [0.717, 1.165) is 23.6 Å². The minimum absolute atomic E-state index is 0.297. The van der Waals surface area contributed by atoms with Gasteiger partial charge in [0.1, 0.15) is 0 Å². The summed E-state index contributed by atoms with van der Waals surface area (Å²) in [4.78, 5) is 18.6. The fraction of sp³-hybridized carbons (Fsp3) is 0.238. The number of fused-ring (bicyclic) bond motifs is 1. The van der Waals surface area contributed by atoms with Gasteiger partial charge in [0.2, 0.25) is 5.95 Å². The molecule has 1 aromatic heterocycles. The molecule has 0 saturated carbocycles. The molecule has 142 valence electrons. The molecule has 3 aromatic rings. The lowest BCUT2D eigenvalue weighted by molar-refractivity contribution is 0.0526. The highest BCUT2D eigenvalue weighted by Crippen LogP contribution is 2.37. The Morgan fingerprint density at radius 3 is 2.79 bits per heavy atom. The number of esters is 1. The Balaban J connectivity index is 1.54. The van der Waals surface area contributed by atoms with Crippen molar-refractivity contribution in [2.75, 3.05) is 16.8 Å². The topological polar surface area (TPSA) is 80.2 Å². The van der Waals surface area contributed by atoms with Crippen LogP contribution in [0.4, 0.5) is 23.1 Å². The van der Waals surface area contributed by atoms with Crippen molar-refractivity contribution in [3.05, 3.63) is 65.9 Å². The maximum Gasteiger partial charge on any atom is 0.338 e. The number of carbonyl (C=O) groups is 1. The predicted molar refractivity (Wildman–Crippen MR) is 107 cm³/mol. The number of nitrogens with one attached hydrogen (secondary N) is 1.